The summed E-state index contributed by atoms with van der Waals surface area (Å²) in [7, 11) is -1.87. The fraction of sp³-hybridized carbons (Fsp3) is 0.100. The van der Waals surface area contributed by atoms with Crippen LogP contribution in [0.1, 0.15) is 11.1 Å². The summed E-state index contributed by atoms with van der Waals surface area (Å²) in [6.45, 7) is 0. The highest BCUT2D eigenvalue weighted by atomic mass is 79.9. The van der Waals surface area contributed by atoms with Crippen molar-refractivity contribution in [3.8, 4) is 0 Å². The SMILES string of the molecule is BrCc1ccc2c(c1)=NS(Cc1ccc3nsnc3c1)(c1ccc3nsnc3c1)N=2. The number of nitrogens with zero attached hydrogens (tertiary/aromatic N) is 6. The van der Waals surface area contributed by atoms with Crippen LogP contribution in [0, 0.1) is 0 Å². The summed E-state index contributed by atoms with van der Waals surface area (Å²) in [6, 6.07) is 18.8. The largest absolute Gasteiger partial charge is 0.210 e. The second-order valence-electron chi connectivity index (χ2n) is 6.95. The Hall–Kier alpha value is -2.27. The maximum absolute atomic E-state index is 5.23. The molecular weight excluding hydrogens is 500 g/mol. The van der Waals surface area contributed by atoms with Crippen molar-refractivity contribution < 1.29 is 0 Å². The second-order valence-corrected chi connectivity index (χ2v) is 11.0. The van der Waals surface area contributed by atoms with Gasteiger partial charge in [0, 0.05) is 16.0 Å². The third-order valence-electron chi connectivity index (χ3n) is 4.98. The summed E-state index contributed by atoms with van der Waals surface area (Å²) < 4.78 is 27.9. The lowest BCUT2D eigenvalue weighted by molar-refractivity contribution is 1.30. The lowest BCUT2D eigenvalue weighted by Gasteiger charge is -2.29. The first-order valence-electron chi connectivity index (χ1n) is 9.12. The van der Waals surface area contributed by atoms with Gasteiger partial charge < -0.3 is 0 Å². The molecule has 0 spiro atoms. The molecule has 0 amide bonds. The number of rotatable bonds is 4. The van der Waals surface area contributed by atoms with Crippen molar-refractivity contribution >= 4 is 71.9 Å². The lowest BCUT2D eigenvalue weighted by Crippen LogP contribution is -2.21. The van der Waals surface area contributed by atoms with Crippen LogP contribution >= 0.6 is 49.8 Å². The van der Waals surface area contributed by atoms with Crippen LogP contribution in [0.2, 0.25) is 0 Å². The zero-order chi connectivity index (χ0) is 20.1. The Labute approximate surface area is 189 Å². The number of halogens is 1. The van der Waals surface area contributed by atoms with Crippen LogP contribution in [-0.2, 0) is 11.1 Å². The van der Waals surface area contributed by atoms with Crippen LogP contribution < -0.4 is 10.7 Å². The Kier molecular flexibility index (Phi) is 4.41. The molecule has 0 N–H and O–H groups in total. The highest BCUT2D eigenvalue weighted by molar-refractivity contribution is 9.08. The molecule has 30 heavy (non-hydrogen) atoms. The first-order valence-corrected chi connectivity index (χ1v) is 13.4. The number of hydrogen-bond donors (Lipinski definition) is 0. The zero-order valence-corrected chi connectivity index (χ0v) is 19.4. The van der Waals surface area contributed by atoms with Crippen molar-refractivity contribution in [1.29, 1.82) is 0 Å². The standard InChI is InChI=1S/C20H13BrN6S3/c21-10-12-1-5-17-20(7-12)27-30(26-17,14-3-6-16-19(9-14)25-29-23-16)11-13-2-4-15-18(8-13)24-28-22-15/h1-9H,10-11H2. The maximum Gasteiger partial charge on any atom is 0.105 e. The summed E-state index contributed by atoms with van der Waals surface area (Å²) in [4.78, 5) is 1.09. The molecular formula is C20H13BrN6S3. The Morgan fingerprint density at radius 3 is 2.13 bits per heavy atom. The number of benzene rings is 3. The van der Waals surface area contributed by atoms with Gasteiger partial charge in [-0.25, -0.2) is 8.80 Å². The van der Waals surface area contributed by atoms with E-state index < -0.39 is 10.4 Å². The highest BCUT2D eigenvalue weighted by Gasteiger charge is 2.29. The van der Waals surface area contributed by atoms with Crippen LogP contribution in [-0.4, -0.2) is 17.5 Å². The smallest absolute Gasteiger partial charge is 0.105 e. The number of aromatic nitrogens is 4. The minimum atomic E-state index is -1.87. The van der Waals surface area contributed by atoms with Gasteiger partial charge >= 0.3 is 0 Å². The van der Waals surface area contributed by atoms with Gasteiger partial charge in [-0.3, -0.25) is 0 Å². The molecule has 1 aliphatic heterocycles. The minimum Gasteiger partial charge on any atom is -0.210 e. The van der Waals surface area contributed by atoms with Crippen LogP contribution in [0.5, 0.6) is 0 Å². The fourth-order valence-electron chi connectivity index (χ4n) is 3.52. The van der Waals surface area contributed by atoms with E-state index in [0.29, 0.717) is 5.75 Å². The predicted molar refractivity (Wildman–Crippen MR) is 126 cm³/mol. The first-order chi connectivity index (χ1) is 14.7. The first kappa shape index (κ1) is 18.5. The van der Waals surface area contributed by atoms with Crippen molar-refractivity contribution in [2.45, 2.75) is 16.0 Å². The third kappa shape index (κ3) is 3.06. The zero-order valence-electron chi connectivity index (χ0n) is 15.4. The molecule has 3 heterocycles. The summed E-state index contributed by atoms with van der Waals surface area (Å²) in [5.41, 5.74) is 5.99. The van der Waals surface area contributed by atoms with Gasteiger partial charge in [-0.1, -0.05) is 28.1 Å². The number of hydrogen-bond acceptors (Lipinski definition) is 8. The van der Waals surface area contributed by atoms with E-state index in [0.717, 1.165) is 48.6 Å². The normalized spacial score (nSPS) is 19.9. The van der Waals surface area contributed by atoms with Gasteiger partial charge in [-0.2, -0.15) is 17.5 Å². The molecule has 0 bridgehead atoms. The van der Waals surface area contributed by atoms with E-state index in [1.54, 1.807) is 0 Å². The summed E-state index contributed by atoms with van der Waals surface area (Å²) in [5.74, 6) is 0.710. The quantitative estimate of drug-likeness (QED) is 0.326. The summed E-state index contributed by atoms with van der Waals surface area (Å²) in [6.07, 6.45) is 0. The molecule has 148 valence electrons. The monoisotopic (exact) mass is 512 g/mol. The van der Waals surface area contributed by atoms with Gasteiger partial charge in [0.05, 0.1) is 34.2 Å². The molecule has 1 atom stereocenters. The van der Waals surface area contributed by atoms with Gasteiger partial charge in [0.25, 0.3) is 0 Å². The van der Waals surface area contributed by atoms with Crippen molar-refractivity contribution in [3.63, 3.8) is 0 Å². The van der Waals surface area contributed by atoms with Gasteiger partial charge in [-0.15, -0.1) is 0 Å². The van der Waals surface area contributed by atoms with Crippen molar-refractivity contribution in [3.05, 3.63) is 76.4 Å². The molecule has 10 heteroatoms. The third-order valence-corrected chi connectivity index (χ3v) is 9.48. The van der Waals surface area contributed by atoms with Gasteiger partial charge in [-0.05, 0) is 64.0 Å². The van der Waals surface area contributed by atoms with E-state index in [2.05, 4.69) is 75.9 Å². The molecule has 1 unspecified atom stereocenters. The molecule has 5 aromatic rings. The van der Waals surface area contributed by atoms with E-state index in [-0.39, 0.29) is 0 Å². The van der Waals surface area contributed by atoms with E-state index >= 15 is 0 Å². The predicted octanol–water partition coefficient (Wildman–Crippen LogP) is 4.74. The maximum atomic E-state index is 5.23. The molecule has 0 fully saturated rings. The Bertz CT molecular complexity index is 1550. The van der Waals surface area contributed by atoms with Gasteiger partial charge in [0.1, 0.15) is 22.1 Å². The second kappa shape index (κ2) is 7.16. The van der Waals surface area contributed by atoms with E-state index in [9.17, 15) is 0 Å². The van der Waals surface area contributed by atoms with Gasteiger partial charge in [0.2, 0.25) is 0 Å². The van der Waals surface area contributed by atoms with Crippen LogP contribution in [0.15, 0.2) is 68.3 Å². The summed E-state index contributed by atoms with van der Waals surface area (Å²) in [5, 5.41) is 2.69. The molecule has 0 saturated heterocycles. The number of alkyl halides is 1. The molecule has 6 nitrogen and oxygen atoms in total. The van der Waals surface area contributed by atoms with E-state index in [1.807, 2.05) is 12.1 Å². The lowest BCUT2D eigenvalue weighted by atomic mass is 10.2. The molecule has 0 saturated carbocycles. The van der Waals surface area contributed by atoms with Crippen LogP contribution in [0.4, 0.5) is 0 Å². The van der Waals surface area contributed by atoms with E-state index in [1.165, 1.54) is 29.0 Å². The molecule has 0 radical (unpaired) electrons. The fourth-order valence-corrected chi connectivity index (χ4v) is 7.63. The highest BCUT2D eigenvalue weighted by Crippen LogP contribution is 2.61. The Morgan fingerprint density at radius 1 is 0.667 bits per heavy atom. The average molecular weight is 513 g/mol. The van der Waals surface area contributed by atoms with Crippen LogP contribution in [0.25, 0.3) is 22.1 Å². The van der Waals surface area contributed by atoms with Crippen molar-refractivity contribution in [2.75, 3.05) is 0 Å². The topological polar surface area (TPSA) is 76.3 Å². The molecule has 3 aromatic carbocycles. The van der Waals surface area contributed by atoms with Gasteiger partial charge in [0.15, 0.2) is 0 Å². The van der Waals surface area contributed by atoms with Crippen molar-refractivity contribution in [2.24, 2.45) is 8.80 Å². The molecule has 0 aliphatic carbocycles. The Morgan fingerprint density at radius 2 is 1.33 bits per heavy atom. The average Bonchev–Trinajstić information content (AvgIpc) is 3.50. The number of fused-ring (bicyclic) bond motifs is 3. The summed E-state index contributed by atoms with van der Waals surface area (Å²) >= 11 is 6.01. The minimum absolute atomic E-state index is 0.710. The van der Waals surface area contributed by atoms with Crippen LogP contribution in [0.3, 0.4) is 0 Å². The molecule has 6 rings (SSSR count). The van der Waals surface area contributed by atoms with Crippen molar-refractivity contribution in [1.82, 2.24) is 17.5 Å². The van der Waals surface area contributed by atoms with E-state index in [4.69, 9.17) is 8.80 Å². The molecule has 2 aromatic heterocycles. The Balaban J connectivity index is 1.55. The molecule has 1 aliphatic rings.